The first kappa shape index (κ1) is 16.4. The maximum atomic E-state index is 10.4. The van der Waals surface area contributed by atoms with Crippen LogP contribution in [0.1, 0.15) is 71.0 Å². The molecule has 118 valence electrons. The molecule has 2 nitrogen and oxygen atoms in total. The van der Waals surface area contributed by atoms with Crippen molar-refractivity contribution < 1.29 is 5.11 Å². The van der Waals surface area contributed by atoms with Gasteiger partial charge in [-0.3, -0.25) is 0 Å². The maximum Gasteiger partial charge on any atom is 0.0807 e. The van der Waals surface area contributed by atoms with Crippen LogP contribution < -0.4 is 4.90 Å². The summed E-state index contributed by atoms with van der Waals surface area (Å²) in [6, 6.07) is 9.12. The number of hydrogen-bond acceptors (Lipinski definition) is 2. The molecule has 0 unspecified atom stereocenters. The Hall–Kier alpha value is -1.02. The van der Waals surface area contributed by atoms with Crippen LogP contribution in [0.15, 0.2) is 24.3 Å². The summed E-state index contributed by atoms with van der Waals surface area (Å²) in [7, 11) is 0. The Morgan fingerprint density at radius 3 is 2.48 bits per heavy atom. The van der Waals surface area contributed by atoms with Crippen LogP contribution in [0.25, 0.3) is 0 Å². The highest BCUT2D eigenvalue weighted by Crippen LogP contribution is 2.34. The summed E-state index contributed by atoms with van der Waals surface area (Å²) in [5.74, 6) is 0.720. The summed E-state index contributed by atoms with van der Waals surface area (Å²) in [4.78, 5) is 2.58. The van der Waals surface area contributed by atoms with Crippen molar-refractivity contribution in [1.82, 2.24) is 0 Å². The molecular formula is C19H31NO. The van der Waals surface area contributed by atoms with Crippen molar-refractivity contribution in [3.8, 4) is 0 Å². The molecular weight excluding hydrogens is 258 g/mol. The number of aliphatic hydroxyl groups excluding tert-OH is 1. The zero-order valence-corrected chi connectivity index (χ0v) is 13.9. The van der Waals surface area contributed by atoms with E-state index in [1.807, 2.05) is 6.07 Å². The van der Waals surface area contributed by atoms with Gasteiger partial charge in [0.25, 0.3) is 0 Å². The quantitative estimate of drug-likeness (QED) is 0.769. The fraction of sp³-hybridized carbons (Fsp3) is 0.684. The smallest absolute Gasteiger partial charge is 0.0807 e. The molecule has 0 aromatic heterocycles. The summed E-state index contributed by atoms with van der Waals surface area (Å²) in [6.07, 6.45) is 6.95. The lowest BCUT2D eigenvalue weighted by molar-refractivity contribution is 0.174. The molecule has 0 heterocycles. The van der Waals surface area contributed by atoms with Crippen molar-refractivity contribution >= 4 is 5.69 Å². The number of benzene rings is 1. The predicted octanol–water partition coefficient (Wildman–Crippen LogP) is 4.93. The molecule has 0 saturated heterocycles. The molecule has 1 atom stereocenters. The monoisotopic (exact) mass is 289 g/mol. The lowest BCUT2D eigenvalue weighted by Crippen LogP contribution is -2.35. The van der Waals surface area contributed by atoms with Gasteiger partial charge in [-0.05, 0) is 37.7 Å². The Balaban J connectivity index is 2.26. The largest absolute Gasteiger partial charge is 0.388 e. The lowest BCUT2D eigenvalue weighted by atomic mass is 10.0. The third kappa shape index (κ3) is 4.23. The van der Waals surface area contributed by atoms with Crippen molar-refractivity contribution in [1.29, 1.82) is 0 Å². The summed E-state index contributed by atoms with van der Waals surface area (Å²) >= 11 is 0. The summed E-state index contributed by atoms with van der Waals surface area (Å²) < 4.78 is 0. The number of rotatable bonds is 7. The highest BCUT2D eigenvalue weighted by molar-refractivity contribution is 5.55. The second kappa shape index (κ2) is 7.84. The number of hydrogen-bond donors (Lipinski definition) is 1. The van der Waals surface area contributed by atoms with E-state index in [0.29, 0.717) is 6.04 Å². The van der Waals surface area contributed by atoms with Crippen LogP contribution in [0, 0.1) is 5.92 Å². The van der Waals surface area contributed by atoms with Crippen LogP contribution in [-0.4, -0.2) is 17.7 Å². The fourth-order valence-corrected chi connectivity index (χ4v) is 3.36. The third-order valence-electron chi connectivity index (χ3n) is 4.70. The van der Waals surface area contributed by atoms with Crippen molar-refractivity contribution in [2.45, 2.75) is 71.4 Å². The minimum Gasteiger partial charge on any atom is -0.388 e. The fourth-order valence-electron chi connectivity index (χ4n) is 3.36. The van der Waals surface area contributed by atoms with E-state index in [1.54, 1.807) is 0 Å². The molecule has 1 aliphatic rings. The molecule has 0 radical (unpaired) electrons. The average Bonchev–Trinajstić information content (AvgIpc) is 3.01. The van der Waals surface area contributed by atoms with Gasteiger partial charge in [-0.25, -0.2) is 0 Å². The Morgan fingerprint density at radius 2 is 1.86 bits per heavy atom. The van der Waals surface area contributed by atoms with Crippen molar-refractivity contribution in [3.05, 3.63) is 29.8 Å². The van der Waals surface area contributed by atoms with Gasteiger partial charge in [-0.1, -0.05) is 51.8 Å². The molecule has 1 N–H and O–H groups in total. The molecule has 0 spiro atoms. The first-order chi connectivity index (χ1) is 10.1. The number of aliphatic hydroxyl groups is 1. The molecule has 2 heteroatoms. The van der Waals surface area contributed by atoms with Gasteiger partial charge in [-0.2, -0.15) is 0 Å². The molecule has 1 aliphatic carbocycles. The zero-order chi connectivity index (χ0) is 15.2. The Bertz CT molecular complexity index is 423. The van der Waals surface area contributed by atoms with Gasteiger partial charge in [0.05, 0.1) is 6.10 Å². The molecule has 1 saturated carbocycles. The van der Waals surface area contributed by atoms with Gasteiger partial charge < -0.3 is 10.0 Å². The zero-order valence-electron chi connectivity index (χ0n) is 13.9. The van der Waals surface area contributed by atoms with Gasteiger partial charge in [0, 0.05) is 23.8 Å². The van der Waals surface area contributed by atoms with E-state index in [9.17, 15) is 5.11 Å². The van der Waals surface area contributed by atoms with Gasteiger partial charge in [0.2, 0.25) is 0 Å². The van der Waals surface area contributed by atoms with Crippen LogP contribution in [0.2, 0.25) is 0 Å². The van der Waals surface area contributed by atoms with Gasteiger partial charge >= 0.3 is 0 Å². The lowest BCUT2D eigenvalue weighted by Gasteiger charge is -2.34. The molecule has 1 fully saturated rings. The van der Waals surface area contributed by atoms with Gasteiger partial charge in [0.1, 0.15) is 0 Å². The van der Waals surface area contributed by atoms with Crippen LogP contribution in [0.4, 0.5) is 5.69 Å². The van der Waals surface area contributed by atoms with Gasteiger partial charge in [-0.15, -0.1) is 0 Å². The van der Waals surface area contributed by atoms with E-state index < -0.39 is 0 Å². The summed E-state index contributed by atoms with van der Waals surface area (Å²) in [5.41, 5.74) is 2.37. The van der Waals surface area contributed by atoms with E-state index in [2.05, 4.69) is 43.9 Å². The average molecular weight is 289 g/mol. The maximum absolute atomic E-state index is 10.4. The number of anilines is 1. The minimum atomic E-state index is -0.343. The molecule has 1 aromatic carbocycles. The molecule has 0 aliphatic heterocycles. The third-order valence-corrected chi connectivity index (χ3v) is 4.70. The van der Waals surface area contributed by atoms with Crippen molar-refractivity contribution in [2.24, 2.45) is 5.92 Å². The molecule has 2 rings (SSSR count). The van der Waals surface area contributed by atoms with E-state index in [4.69, 9.17) is 0 Å². The normalized spacial score (nSPS) is 17.4. The number of nitrogens with zero attached hydrogens (tertiary/aromatic N) is 1. The van der Waals surface area contributed by atoms with E-state index in [-0.39, 0.29) is 6.10 Å². The SMILES string of the molecule is CC[C@@H](O)c1ccccc1N(CCC(C)C)C1CCCC1. The standard InChI is InChI=1S/C19H31NO/c1-4-19(21)17-11-7-8-12-18(17)20(14-13-15(2)3)16-9-5-6-10-16/h7-8,11-12,15-16,19,21H,4-6,9-10,13-14H2,1-3H3/t19-/m1/s1. The second-order valence-corrected chi connectivity index (χ2v) is 6.80. The van der Waals surface area contributed by atoms with Crippen LogP contribution >= 0.6 is 0 Å². The minimum absolute atomic E-state index is 0.343. The van der Waals surface area contributed by atoms with Crippen molar-refractivity contribution in [2.75, 3.05) is 11.4 Å². The second-order valence-electron chi connectivity index (χ2n) is 6.80. The van der Waals surface area contributed by atoms with Crippen LogP contribution in [0.3, 0.4) is 0 Å². The molecule has 21 heavy (non-hydrogen) atoms. The van der Waals surface area contributed by atoms with E-state index in [0.717, 1.165) is 24.4 Å². The summed E-state index contributed by atoms with van der Waals surface area (Å²) in [6.45, 7) is 7.74. The Morgan fingerprint density at radius 1 is 1.19 bits per heavy atom. The Kier molecular flexibility index (Phi) is 6.10. The van der Waals surface area contributed by atoms with Crippen LogP contribution in [-0.2, 0) is 0 Å². The van der Waals surface area contributed by atoms with Gasteiger partial charge in [0.15, 0.2) is 0 Å². The van der Waals surface area contributed by atoms with E-state index in [1.165, 1.54) is 37.8 Å². The highest BCUT2D eigenvalue weighted by atomic mass is 16.3. The topological polar surface area (TPSA) is 23.5 Å². The van der Waals surface area contributed by atoms with Crippen molar-refractivity contribution in [3.63, 3.8) is 0 Å². The first-order valence-electron chi connectivity index (χ1n) is 8.67. The number of para-hydroxylation sites is 1. The predicted molar refractivity (Wildman–Crippen MR) is 90.7 cm³/mol. The van der Waals surface area contributed by atoms with Crippen LogP contribution in [0.5, 0.6) is 0 Å². The van der Waals surface area contributed by atoms with E-state index >= 15 is 0 Å². The highest BCUT2D eigenvalue weighted by Gasteiger charge is 2.25. The molecule has 0 amide bonds. The summed E-state index contributed by atoms with van der Waals surface area (Å²) in [5, 5.41) is 10.4. The molecule has 0 bridgehead atoms. The Labute approximate surface area is 130 Å². The first-order valence-corrected chi connectivity index (χ1v) is 8.67. The molecule has 1 aromatic rings.